The van der Waals surface area contributed by atoms with Crippen molar-refractivity contribution in [2.75, 3.05) is 48.4 Å². The zero-order valence-corrected chi connectivity index (χ0v) is 14.9. The highest BCUT2D eigenvalue weighted by atomic mass is 79.9. The van der Waals surface area contributed by atoms with E-state index in [-0.39, 0.29) is 12.5 Å². The summed E-state index contributed by atoms with van der Waals surface area (Å²) in [7, 11) is 0. The fourth-order valence-corrected chi connectivity index (χ4v) is 3.02. The molecule has 1 aliphatic heterocycles. The molecule has 0 aliphatic carbocycles. The smallest absolute Gasteiger partial charge is 0.243 e. The van der Waals surface area contributed by atoms with Crippen LogP contribution in [0.5, 0.6) is 0 Å². The van der Waals surface area contributed by atoms with Gasteiger partial charge in [0.1, 0.15) is 0 Å². The maximum Gasteiger partial charge on any atom is 0.243 e. The fourth-order valence-electron chi connectivity index (χ4n) is 2.64. The van der Waals surface area contributed by atoms with Gasteiger partial charge in [-0.25, -0.2) is 0 Å². The molecule has 6 heteroatoms. The summed E-state index contributed by atoms with van der Waals surface area (Å²) in [6, 6.07) is 15.6. The highest BCUT2D eigenvalue weighted by Gasteiger charge is 2.15. The number of anilines is 3. The molecular weight excluding hydrogens is 370 g/mol. The summed E-state index contributed by atoms with van der Waals surface area (Å²) in [5.41, 5.74) is 2.84. The Kier molecular flexibility index (Phi) is 5.72. The van der Waals surface area contributed by atoms with Crippen molar-refractivity contribution in [1.82, 2.24) is 0 Å². The molecule has 2 aromatic carbocycles. The number of benzene rings is 2. The molecular formula is C18H20BrN3O2. The third-order valence-corrected chi connectivity index (χ3v) is 4.53. The Hall–Kier alpha value is -2.05. The van der Waals surface area contributed by atoms with Crippen LogP contribution in [0.15, 0.2) is 53.0 Å². The van der Waals surface area contributed by atoms with Crippen LogP contribution in [0.2, 0.25) is 0 Å². The van der Waals surface area contributed by atoms with Crippen molar-refractivity contribution in [1.29, 1.82) is 0 Å². The monoisotopic (exact) mass is 389 g/mol. The average molecular weight is 390 g/mol. The summed E-state index contributed by atoms with van der Waals surface area (Å²) in [6.45, 7) is 3.40. The average Bonchev–Trinajstić information content (AvgIpc) is 2.63. The Labute approximate surface area is 150 Å². The Bertz CT molecular complexity index is 702. The summed E-state index contributed by atoms with van der Waals surface area (Å²) in [6.07, 6.45) is 0. The largest absolute Gasteiger partial charge is 0.378 e. The number of hydrogen-bond donors (Lipinski definition) is 2. The minimum absolute atomic E-state index is 0.0846. The topological polar surface area (TPSA) is 53.6 Å². The van der Waals surface area contributed by atoms with E-state index in [1.54, 1.807) is 0 Å². The van der Waals surface area contributed by atoms with Crippen molar-refractivity contribution in [3.8, 4) is 0 Å². The Balaban J connectivity index is 1.62. The van der Waals surface area contributed by atoms with E-state index < -0.39 is 0 Å². The lowest BCUT2D eigenvalue weighted by atomic mass is 10.2. The molecule has 24 heavy (non-hydrogen) atoms. The molecule has 0 spiro atoms. The van der Waals surface area contributed by atoms with Crippen molar-refractivity contribution < 1.29 is 9.53 Å². The van der Waals surface area contributed by atoms with Gasteiger partial charge in [-0.15, -0.1) is 0 Å². The molecule has 1 fully saturated rings. The summed E-state index contributed by atoms with van der Waals surface area (Å²) in [5.74, 6) is -0.0846. The van der Waals surface area contributed by atoms with Crippen LogP contribution in [0.1, 0.15) is 0 Å². The molecule has 3 rings (SSSR count). The van der Waals surface area contributed by atoms with Crippen LogP contribution in [0, 0.1) is 0 Å². The number of carbonyl (C=O) groups is 1. The highest BCUT2D eigenvalue weighted by molar-refractivity contribution is 9.10. The number of nitrogens with zero attached hydrogens (tertiary/aromatic N) is 1. The van der Waals surface area contributed by atoms with E-state index >= 15 is 0 Å². The lowest BCUT2D eigenvalue weighted by Gasteiger charge is -2.30. The molecule has 0 radical (unpaired) electrons. The molecule has 0 aromatic heterocycles. The Morgan fingerprint density at radius 2 is 1.71 bits per heavy atom. The van der Waals surface area contributed by atoms with Gasteiger partial charge in [-0.1, -0.05) is 24.3 Å². The van der Waals surface area contributed by atoms with E-state index in [4.69, 9.17) is 4.74 Å². The van der Waals surface area contributed by atoms with E-state index in [2.05, 4.69) is 37.5 Å². The molecule has 1 heterocycles. The minimum atomic E-state index is -0.0846. The lowest BCUT2D eigenvalue weighted by molar-refractivity contribution is -0.114. The second-order valence-corrected chi connectivity index (χ2v) is 6.35. The standard InChI is InChI=1S/C18H20BrN3O2/c19-14-5-1-2-6-15(14)21-18(23)13-20-16-7-3-4-8-17(16)22-9-11-24-12-10-22/h1-8,20H,9-13H2,(H,21,23). The van der Waals surface area contributed by atoms with Crippen molar-refractivity contribution in [3.05, 3.63) is 53.0 Å². The zero-order valence-electron chi connectivity index (χ0n) is 13.3. The number of carbonyl (C=O) groups excluding carboxylic acids is 1. The first-order valence-corrected chi connectivity index (χ1v) is 8.73. The molecule has 1 amide bonds. The molecule has 5 nitrogen and oxygen atoms in total. The van der Waals surface area contributed by atoms with Gasteiger partial charge >= 0.3 is 0 Å². The van der Waals surface area contributed by atoms with Gasteiger partial charge in [-0.2, -0.15) is 0 Å². The van der Waals surface area contributed by atoms with E-state index in [1.807, 2.05) is 42.5 Å². The van der Waals surface area contributed by atoms with Gasteiger partial charge in [0.25, 0.3) is 0 Å². The third-order valence-electron chi connectivity index (χ3n) is 3.84. The summed E-state index contributed by atoms with van der Waals surface area (Å²) in [4.78, 5) is 14.5. The number of amides is 1. The van der Waals surface area contributed by atoms with E-state index in [0.29, 0.717) is 0 Å². The van der Waals surface area contributed by atoms with Gasteiger partial charge in [0.05, 0.1) is 36.8 Å². The number of ether oxygens (including phenoxy) is 1. The van der Waals surface area contributed by atoms with Crippen LogP contribution in [0.25, 0.3) is 0 Å². The predicted octanol–water partition coefficient (Wildman–Crippen LogP) is 3.34. The first-order valence-electron chi connectivity index (χ1n) is 7.94. The molecule has 1 aliphatic rings. The summed E-state index contributed by atoms with van der Waals surface area (Å²) < 4.78 is 6.27. The predicted molar refractivity (Wildman–Crippen MR) is 101 cm³/mol. The second-order valence-electron chi connectivity index (χ2n) is 5.50. The number of rotatable bonds is 5. The molecule has 0 bridgehead atoms. The van der Waals surface area contributed by atoms with Crippen LogP contribution in [0.4, 0.5) is 17.1 Å². The van der Waals surface area contributed by atoms with Crippen LogP contribution in [0.3, 0.4) is 0 Å². The normalized spacial score (nSPS) is 14.3. The van der Waals surface area contributed by atoms with Crippen LogP contribution >= 0.6 is 15.9 Å². The summed E-state index contributed by atoms with van der Waals surface area (Å²) >= 11 is 3.43. The fraction of sp³-hybridized carbons (Fsp3) is 0.278. The number of morpholine rings is 1. The first kappa shape index (κ1) is 16.8. The zero-order chi connectivity index (χ0) is 16.8. The van der Waals surface area contributed by atoms with E-state index in [1.165, 1.54) is 0 Å². The van der Waals surface area contributed by atoms with Crippen LogP contribution < -0.4 is 15.5 Å². The van der Waals surface area contributed by atoms with Crippen molar-refractivity contribution >= 4 is 38.9 Å². The molecule has 126 valence electrons. The van der Waals surface area contributed by atoms with Crippen molar-refractivity contribution in [3.63, 3.8) is 0 Å². The number of nitrogens with one attached hydrogen (secondary N) is 2. The lowest BCUT2D eigenvalue weighted by Crippen LogP contribution is -2.36. The highest BCUT2D eigenvalue weighted by Crippen LogP contribution is 2.26. The van der Waals surface area contributed by atoms with Gasteiger partial charge in [-0.05, 0) is 40.2 Å². The van der Waals surface area contributed by atoms with Gasteiger partial charge in [0, 0.05) is 17.6 Å². The third kappa shape index (κ3) is 4.27. The Morgan fingerprint density at radius 1 is 1.04 bits per heavy atom. The van der Waals surface area contributed by atoms with E-state index in [9.17, 15) is 4.79 Å². The second kappa shape index (κ2) is 8.17. The van der Waals surface area contributed by atoms with Crippen molar-refractivity contribution in [2.24, 2.45) is 0 Å². The molecule has 2 N–H and O–H groups in total. The van der Waals surface area contributed by atoms with Gasteiger partial charge in [0.15, 0.2) is 0 Å². The van der Waals surface area contributed by atoms with E-state index in [0.717, 1.165) is 47.8 Å². The SMILES string of the molecule is O=C(CNc1ccccc1N1CCOCC1)Nc1ccccc1Br. The van der Waals surface area contributed by atoms with Gasteiger partial charge in [-0.3, -0.25) is 4.79 Å². The maximum atomic E-state index is 12.2. The molecule has 1 saturated heterocycles. The van der Waals surface area contributed by atoms with Crippen LogP contribution in [-0.4, -0.2) is 38.8 Å². The number of halogens is 1. The number of hydrogen-bond acceptors (Lipinski definition) is 4. The minimum Gasteiger partial charge on any atom is -0.378 e. The first-order chi connectivity index (χ1) is 11.7. The quantitative estimate of drug-likeness (QED) is 0.823. The molecule has 0 unspecified atom stereocenters. The van der Waals surface area contributed by atoms with Gasteiger partial charge in [0.2, 0.25) is 5.91 Å². The Morgan fingerprint density at radius 3 is 2.46 bits per heavy atom. The molecule has 0 atom stereocenters. The number of para-hydroxylation sites is 3. The van der Waals surface area contributed by atoms with Crippen molar-refractivity contribution in [2.45, 2.75) is 0 Å². The molecule has 2 aromatic rings. The summed E-state index contributed by atoms with van der Waals surface area (Å²) in [5, 5.41) is 6.14. The van der Waals surface area contributed by atoms with Gasteiger partial charge < -0.3 is 20.3 Å². The van der Waals surface area contributed by atoms with Crippen LogP contribution in [-0.2, 0) is 9.53 Å². The molecule has 0 saturated carbocycles. The maximum absolute atomic E-state index is 12.2.